The molecule has 0 radical (unpaired) electrons. The fraction of sp³-hybridized carbons (Fsp3) is 0.652. The zero-order valence-corrected chi connectivity index (χ0v) is 18.8. The Morgan fingerprint density at radius 3 is 2.31 bits per heavy atom. The highest BCUT2D eigenvalue weighted by Gasteiger charge is 2.58. The zero-order chi connectivity index (χ0) is 22.8. The summed E-state index contributed by atoms with van der Waals surface area (Å²) in [6, 6.07) is 3.84. The quantitative estimate of drug-likeness (QED) is 0.770. The van der Waals surface area contributed by atoms with Crippen LogP contribution in [0.2, 0.25) is 0 Å². The van der Waals surface area contributed by atoms with Gasteiger partial charge in [-0.15, -0.1) is 0 Å². The van der Waals surface area contributed by atoms with Crippen LogP contribution in [-0.2, 0) is 6.18 Å². The first-order chi connectivity index (χ1) is 15.1. The highest BCUT2D eigenvalue weighted by atomic mass is 19.4. The Balaban J connectivity index is 1.36. The monoisotopic (exact) mass is 448 g/mol. The van der Waals surface area contributed by atoms with E-state index in [1.165, 1.54) is 19.0 Å². The molecule has 2 aromatic rings. The molecule has 1 saturated heterocycles. The highest BCUT2D eigenvalue weighted by molar-refractivity contribution is 5.63. The van der Waals surface area contributed by atoms with Gasteiger partial charge in [-0.2, -0.15) is 18.3 Å². The van der Waals surface area contributed by atoms with Crippen LogP contribution in [0.1, 0.15) is 49.9 Å². The molecule has 32 heavy (non-hydrogen) atoms. The number of hydrogen-bond acceptors (Lipinski definition) is 5. The molecule has 5 rings (SSSR count). The van der Waals surface area contributed by atoms with E-state index < -0.39 is 17.6 Å². The SMILES string of the molecule is CC(C)n1nc(-c2cnc(N)c(C(F)(F)F)c2)cc1C1C2CC(N3CCN(C)CC3)CC21. The van der Waals surface area contributed by atoms with Crippen molar-refractivity contribution in [1.82, 2.24) is 24.6 Å². The first-order valence-corrected chi connectivity index (χ1v) is 11.5. The molecule has 3 heterocycles. The number of nitrogen functional groups attached to an aromatic ring is 1. The van der Waals surface area contributed by atoms with Gasteiger partial charge in [0.15, 0.2) is 0 Å². The lowest BCUT2D eigenvalue weighted by molar-refractivity contribution is -0.137. The van der Waals surface area contributed by atoms with Gasteiger partial charge < -0.3 is 10.6 Å². The lowest BCUT2D eigenvalue weighted by Crippen LogP contribution is -2.48. The Hall–Kier alpha value is -2.13. The molecule has 2 aliphatic carbocycles. The molecule has 0 spiro atoms. The van der Waals surface area contributed by atoms with E-state index in [0.29, 0.717) is 35.1 Å². The van der Waals surface area contributed by atoms with Crippen LogP contribution in [0.4, 0.5) is 19.0 Å². The van der Waals surface area contributed by atoms with Crippen molar-refractivity contribution < 1.29 is 13.2 Å². The minimum Gasteiger partial charge on any atom is -0.383 e. The first-order valence-electron chi connectivity index (χ1n) is 11.5. The molecule has 2 N–H and O–H groups in total. The number of alkyl halides is 3. The smallest absolute Gasteiger partial charge is 0.383 e. The molecule has 0 aromatic carbocycles. The van der Waals surface area contributed by atoms with E-state index in [1.54, 1.807) is 0 Å². The number of likely N-dealkylation sites (N-methyl/N-ethyl adjacent to an activating group) is 1. The van der Waals surface area contributed by atoms with E-state index in [9.17, 15) is 13.2 Å². The average Bonchev–Trinajstić information content (AvgIpc) is 3.08. The molecule has 0 amide bonds. The normalized spacial score (nSPS) is 29.0. The van der Waals surface area contributed by atoms with Crippen molar-refractivity contribution in [1.29, 1.82) is 0 Å². The van der Waals surface area contributed by atoms with Gasteiger partial charge in [0, 0.05) is 61.6 Å². The number of nitrogens with zero attached hydrogens (tertiary/aromatic N) is 5. The second-order valence-corrected chi connectivity index (χ2v) is 9.97. The third kappa shape index (κ3) is 3.79. The predicted octanol–water partition coefficient (Wildman–Crippen LogP) is 3.87. The number of piperazine rings is 1. The van der Waals surface area contributed by atoms with Crippen LogP contribution in [0.15, 0.2) is 18.3 Å². The lowest BCUT2D eigenvalue weighted by atomic mass is 10.0. The fourth-order valence-electron chi connectivity index (χ4n) is 5.79. The molecule has 3 fully saturated rings. The summed E-state index contributed by atoms with van der Waals surface area (Å²) in [6.45, 7) is 8.68. The molecule has 2 unspecified atom stereocenters. The van der Waals surface area contributed by atoms with Gasteiger partial charge in [0.05, 0.1) is 11.3 Å². The molecule has 174 valence electrons. The third-order valence-corrected chi connectivity index (χ3v) is 7.59. The van der Waals surface area contributed by atoms with Crippen molar-refractivity contribution in [3.05, 3.63) is 29.6 Å². The predicted molar refractivity (Wildman–Crippen MR) is 117 cm³/mol. The van der Waals surface area contributed by atoms with Crippen LogP contribution in [0.25, 0.3) is 11.3 Å². The number of halogens is 3. The molecule has 2 aromatic heterocycles. The number of nitrogens with two attached hydrogens (primary N) is 1. The molecule has 2 saturated carbocycles. The van der Waals surface area contributed by atoms with Gasteiger partial charge >= 0.3 is 6.18 Å². The molecule has 1 aliphatic heterocycles. The molecular formula is C23H31F3N6. The van der Waals surface area contributed by atoms with Gasteiger partial charge in [-0.25, -0.2) is 4.98 Å². The summed E-state index contributed by atoms with van der Waals surface area (Å²) >= 11 is 0. The van der Waals surface area contributed by atoms with Crippen LogP contribution in [0.5, 0.6) is 0 Å². The second-order valence-electron chi connectivity index (χ2n) is 9.97. The third-order valence-electron chi connectivity index (χ3n) is 7.59. The van der Waals surface area contributed by atoms with E-state index in [0.717, 1.165) is 37.9 Å². The average molecular weight is 449 g/mol. The van der Waals surface area contributed by atoms with Crippen molar-refractivity contribution in [3.8, 4) is 11.3 Å². The first kappa shape index (κ1) is 21.7. The number of aromatic nitrogens is 3. The summed E-state index contributed by atoms with van der Waals surface area (Å²) in [6.07, 6.45) is -0.737. The summed E-state index contributed by atoms with van der Waals surface area (Å²) < 4.78 is 41.9. The number of rotatable bonds is 4. The summed E-state index contributed by atoms with van der Waals surface area (Å²) in [5.41, 5.74) is 6.60. The highest BCUT2D eigenvalue weighted by Crippen LogP contribution is 2.64. The maximum Gasteiger partial charge on any atom is 0.419 e. The molecule has 3 aliphatic rings. The summed E-state index contributed by atoms with van der Waals surface area (Å²) in [5.74, 6) is 1.25. The summed E-state index contributed by atoms with van der Waals surface area (Å²) in [7, 11) is 2.18. The maximum atomic E-state index is 13.3. The summed E-state index contributed by atoms with van der Waals surface area (Å²) in [4.78, 5) is 8.82. The minimum absolute atomic E-state index is 0.136. The van der Waals surface area contributed by atoms with Gasteiger partial charge in [0.2, 0.25) is 0 Å². The van der Waals surface area contributed by atoms with Gasteiger partial charge in [-0.3, -0.25) is 9.58 Å². The van der Waals surface area contributed by atoms with Crippen LogP contribution < -0.4 is 5.73 Å². The molecule has 2 atom stereocenters. The van der Waals surface area contributed by atoms with E-state index in [2.05, 4.69) is 35.7 Å². The van der Waals surface area contributed by atoms with Crippen molar-refractivity contribution >= 4 is 5.82 Å². The Morgan fingerprint density at radius 1 is 1.06 bits per heavy atom. The Bertz CT molecular complexity index is 980. The van der Waals surface area contributed by atoms with Crippen molar-refractivity contribution in [2.24, 2.45) is 11.8 Å². The molecule has 0 bridgehead atoms. The van der Waals surface area contributed by atoms with Crippen LogP contribution in [0.3, 0.4) is 0 Å². The standard InChI is InChI=1S/C23H31F3N6/c1-13(2)32-20(11-19(29-32)14-8-18(23(24,25)26)22(27)28-12-14)21-16-9-15(10-17(16)21)31-6-4-30(3)5-7-31/h8,11-13,15-17,21H,4-7,9-10H2,1-3H3,(H2,27,28). The Kier molecular flexibility index (Phi) is 5.24. The molecule has 6 nitrogen and oxygen atoms in total. The number of fused-ring (bicyclic) bond motifs is 1. The van der Waals surface area contributed by atoms with E-state index in [-0.39, 0.29) is 6.04 Å². The number of hydrogen-bond donors (Lipinski definition) is 1. The number of anilines is 1. The summed E-state index contributed by atoms with van der Waals surface area (Å²) in [5, 5.41) is 4.69. The van der Waals surface area contributed by atoms with Crippen LogP contribution in [0, 0.1) is 11.8 Å². The molecule has 9 heteroatoms. The van der Waals surface area contributed by atoms with E-state index in [4.69, 9.17) is 10.8 Å². The minimum atomic E-state index is -4.54. The zero-order valence-electron chi connectivity index (χ0n) is 18.8. The van der Waals surface area contributed by atoms with Gasteiger partial charge in [0.1, 0.15) is 5.82 Å². The van der Waals surface area contributed by atoms with Crippen molar-refractivity contribution in [2.45, 2.75) is 50.9 Å². The van der Waals surface area contributed by atoms with E-state index >= 15 is 0 Å². The van der Waals surface area contributed by atoms with Gasteiger partial charge in [0.25, 0.3) is 0 Å². The largest absolute Gasteiger partial charge is 0.419 e. The van der Waals surface area contributed by atoms with Gasteiger partial charge in [-0.1, -0.05) is 0 Å². The number of pyridine rings is 1. The lowest BCUT2D eigenvalue weighted by Gasteiger charge is -2.37. The van der Waals surface area contributed by atoms with Crippen molar-refractivity contribution in [3.63, 3.8) is 0 Å². The van der Waals surface area contributed by atoms with Crippen molar-refractivity contribution in [2.75, 3.05) is 39.0 Å². The van der Waals surface area contributed by atoms with E-state index in [1.807, 2.05) is 10.7 Å². The topological polar surface area (TPSA) is 63.2 Å². The maximum absolute atomic E-state index is 13.3. The van der Waals surface area contributed by atoms with Crippen LogP contribution >= 0.6 is 0 Å². The second kappa shape index (κ2) is 7.73. The Labute approximate surface area is 186 Å². The van der Waals surface area contributed by atoms with Crippen LogP contribution in [-0.4, -0.2) is 63.8 Å². The van der Waals surface area contributed by atoms with Gasteiger partial charge in [-0.05, 0) is 57.7 Å². The molecular weight excluding hydrogens is 417 g/mol. The fourth-order valence-corrected chi connectivity index (χ4v) is 5.79. The Morgan fingerprint density at radius 2 is 1.72 bits per heavy atom.